The van der Waals surface area contributed by atoms with Crippen LogP contribution in [0.25, 0.3) is 0 Å². The third-order valence-corrected chi connectivity index (χ3v) is 3.07. The van der Waals surface area contributed by atoms with Crippen molar-refractivity contribution in [3.63, 3.8) is 0 Å². The normalized spacial score (nSPS) is 10.3. The van der Waals surface area contributed by atoms with Crippen molar-refractivity contribution >= 4 is 11.4 Å². The van der Waals surface area contributed by atoms with Gasteiger partial charge in [0, 0.05) is 25.0 Å². The molecule has 100 valence electrons. The molecular weight excluding hydrogens is 236 g/mol. The van der Waals surface area contributed by atoms with Crippen LogP contribution in [-0.4, -0.2) is 13.7 Å². The summed E-state index contributed by atoms with van der Waals surface area (Å²) in [5, 5.41) is 0. The molecule has 2 aromatic carbocycles. The lowest BCUT2D eigenvalue weighted by atomic mass is 10.2. The van der Waals surface area contributed by atoms with E-state index in [0.717, 1.165) is 22.7 Å². The summed E-state index contributed by atoms with van der Waals surface area (Å²) in [6.07, 6.45) is 0. The van der Waals surface area contributed by atoms with Gasteiger partial charge in [-0.05, 0) is 48.9 Å². The molecule has 0 bridgehead atoms. The van der Waals surface area contributed by atoms with E-state index in [2.05, 4.69) is 29.2 Å². The maximum atomic E-state index is 5.68. The Morgan fingerprint density at radius 3 is 2.42 bits per heavy atom. The smallest absolute Gasteiger partial charge is 0.119 e. The Kier molecular flexibility index (Phi) is 4.42. The molecule has 0 saturated carbocycles. The summed E-state index contributed by atoms with van der Waals surface area (Å²) >= 11 is 0. The fourth-order valence-electron chi connectivity index (χ4n) is 1.97. The number of nitrogens with zero attached hydrogens (tertiary/aromatic N) is 1. The highest BCUT2D eigenvalue weighted by Crippen LogP contribution is 2.26. The molecule has 0 amide bonds. The van der Waals surface area contributed by atoms with Crippen LogP contribution in [-0.2, 0) is 6.54 Å². The van der Waals surface area contributed by atoms with Gasteiger partial charge in [-0.3, -0.25) is 0 Å². The van der Waals surface area contributed by atoms with Crippen LogP contribution in [0.1, 0.15) is 12.5 Å². The topological polar surface area (TPSA) is 38.5 Å². The van der Waals surface area contributed by atoms with Gasteiger partial charge >= 0.3 is 0 Å². The largest absolute Gasteiger partial charge is 0.494 e. The number of hydrogen-bond donors (Lipinski definition) is 1. The van der Waals surface area contributed by atoms with Crippen molar-refractivity contribution in [1.82, 2.24) is 0 Å². The van der Waals surface area contributed by atoms with Crippen LogP contribution < -0.4 is 15.4 Å². The van der Waals surface area contributed by atoms with E-state index < -0.39 is 0 Å². The molecule has 2 aromatic rings. The number of benzene rings is 2. The molecule has 2 N–H and O–H groups in total. The van der Waals surface area contributed by atoms with Crippen LogP contribution in [0.4, 0.5) is 11.4 Å². The molecule has 19 heavy (non-hydrogen) atoms. The minimum Gasteiger partial charge on any atom is -0.494 e. The fraction of sp³-hybridized carbons (Fsp3) is 0.250. The van der Waals surface area contributed by atoms with Crippen molar-refractivity contribution in [3.8, 4) is 5.75 Å². The quantitative estimate of drug-likeness (QED) is 0.892. The first kappa shape index (κ1) is 13.4. The highest BCUT2D eigenvalue weighted by molar-refractivity contribution is 5.63. The fourth-order valence-corrected chi connectivity index (χ4v) is 1.97. The zero-order valence-electron chi connectivity index (χ0n) is 11.5. The van der Waals surface area contributed by atoms with Gasteiger partial charge < -0.3 is 15.4 Å². The van der Waals surface area contributed by atoms with Crippen LogP contribution in [0.5, 0.6) is 5.75 Å². The van der Waals surface area contributed by atoms with E-state index in [1.54, 1.807) is 0 Å². The van der Waals surface area contributed by atoms with Crippen LogP contribution in [0, 0.1) is 0 Å². The monoisotopic (exact) mass is 256 g/mol. The van der Waals surface area contributed by atoms with Gasteiger partial charge in [-0.1, -0.05) is 12.1 Å². The number of hydrogen-bond acceptors (Lipinski definition) is 3. The molecule has 0 heterocycles. The van der Waals surface area contributed by atoms with Crippen molar-refractivity contribution < 1.29 is 4.74 Å². The second-order valence-electron chi connectivity index (χ2n) is 4.36. The molecule has 0 spiro atoms. The van der Waals surface area contributed by atoms with Crippen molar-refractivity contribution in [2.75, 3.05) is 18.6 Å². The van der Waals surface area contributed by atoms with Gasteiger partial charge in [-0.15, -0.1) is 0 Å². The first-order valence-electron chi connectivity index (χ1n) is 6.50. The van der Waals surface area contributed by atoms with E-state index in [0.29, 0.717) is 13.2 Å². The zero-order chi connectivity index (χ0) is 13.7. The SMILES string of the molecule is CCOc1ccc(N(C)c2cccc(CN)c2)cc1. The summed E-state index contributed by atoms with van der Waals surface area (Å²) in [6.45, 7) is 3.23. The van der Waals surface area contributed by atoms with Crippen molar-refractivity contribution in [2.24, 2.45) is 5.73 Å². The molecule has 0 aliphatic carbocycles. The van der Waals surface area contributed by atoms with Crippen LogP contribution >= 0.6 is 0 Å². The Balaban J connectivity index is 2.20. The standard InChI is InChI=1S/C16H20N2O/c1-3-19-16-9-7-14(8-10-16)18(2)15-6-4-5-13(11-15)12-17/h4-11H,3,12,17H2,1-2H3. The molecule has 0 aliphatic heterocycles. The first-order valence-corrected chi connectivity index (χ1v) is 6.50. The Morgan fingerprint density at radius 2 is 1.79 bits per heavy atom. The Morgan fingerprint density at radius 1 is 1.05 bits per heavy atom. The minimum atomic E-state index is 0.560. The number of ether oxygens (including phenoxy) is 1. The van der Waals surface area contributed by atoms with Crippen LogP contribution in [0.3, 0.4) is 0 Å². The van der Waals surface area contributed by atoms with Crippen molar-refractivity contribution in [3.05, 3.63) is 54.1 Å². The molecule has 0 atom stereocenters. The van der Waals surface area contributed by atoms with E-state index >= 15 is 0 Å². The summed E-state index contributed by atoms with van der Waals surface area (Å²) in [6, 6.07) is 16.3. The van der Waals surface area contributed by atoms with E-state index in [-0.39, 0.29) is 0 Å². The van der Waals surface area contributed by atoms with Gasteiger partial charge in [0.15, 0.2) is 0 Å². The summed E-state index contributed by atoms with van der Waals surface area (Å²) < 4.78 is 5.45. The Labute approximate surface area is 114 Å². The minimum absolute atomic E-state index is 0.560. The molecule has 0 radical (unpaired) electrons. The van der Waals surface area contributed by atoms with E-state index in [1.165, 1.54) is 0 Å². The van der Waals surface area contributed by atoms with Gasteiger partial charge in [-0.25, -0.2) is 0 Å². The second kappa shape index (κ2) is 6.25. The molecule has 0 aliphatic rings. The van der Waals surface area contributed by atoms with Gasteiger partial charge in [0.2, 0.25) is 0 Å². The molecule has 0 aromatic heterocycles. The number of nitrogens with two attached hydrogens (primary N) is 1. The Bertz CT molecular complexity index is 523. The van der Waals surface area contributed by atoms with Gasteiger partial charge in [-0.2, -0.15) is 0 Å². The summed E-state index contributed by atoms with van der Waals surface area (Å²) in [5.41, 5.74) is 9.06. The molecule has 2 rings (SSSR count). The van der Waals surface area contributed by atoms with Crippen LogP contribution in [0.15, 0.2) is 48.5 Å². The van der Waals surface area contributed by atoms with Crippen molar-refractivity contribution in [2.45, 2.75) is 13.5 Å². The Hall–Kier alpha value is -2.00. The molecule has 0 fully saturated rings. The van der Waals surface area contributed by atoms with Gasteiger partial charge in [0.25, 0.3) is 0 Å². The van der Waals surface area contributed by atoms with Crippen LogP contribution in [0.2, 0.25) is 0 Å². The lowest BCUT2D eigenvalue weighted by Crippen LogP contribution is -2.10. The van der Waals surface area contributed by atoms with E-state index in [4.69, 9.17) is 10.5 Å². The van der Waals surface area contributed by atoms with Crippen molar-refractivity contribution in [1.29, 1.82) is 0 Å². The second-order valence-corrected chi connectivity index (χ2v) is 4.36. The lowest BCUT2D eigenvalue weighted by molar-refractivity contribution is 0.340. The molecule has 0 unspecified atom stereocenters. The zero-order valence-corrected chi connectivity index (χ0v) is 11.5. The first-order chi connectivity index (χ1) is 9.24. The molecule has 3 heteroatoms. The van der Waals surface area contributed by atoms with Gasteiger partial charge in [0.05, 0.1) is 6.61 Å². The molecular formula is C16H20N2O. The molecule has 0 saturated heterocycles. The number of rotatable bonds is 5. The lowest BCUT2D eigenvalue weighted by Gasteiger charge is -2.20. The summed E-state index contributed by atoms with van der Waals surface area (Å²) in [4.78, 5) is 2.13. The van der Waals surface area contributed by atoms with E-state index in [9.17, 15) is 0 Å². The molecule has 3 nitrogen and oxygen atoms in total. The highest BCUT2D eigenvalue weighted by Gasteiger charge is 2.04. The number of anilines is 2. The third-order valence-electron chi connectivity index (χ3n) is 3.07. The third kappa shape index (κ3) is 3.26. The predicted octanol–water partition coefficient (Wildman–Crippen LogP) is 3.31. The summed E-state index contributed by atoms with van der Waals surface area (Å²) in [5.74, 6) is 0.898. The predicted molar refractivity (Wildman–Crippen MR) is 80.0 cm³/mol. The highest BCUT2D eigenvalue weighted by atomic mass is 16.5. The summed E-state index contributed by atoms with van der Waals surface area (Å²) in [7, 11) is 2.05. The maximum absolute atomic E-state index is 5.68. The maximum Gasteiger partial charge on any atom is 0.119 e. The average molecular weight is 256 g/mol. The van der Waals surface area contributed by atoms with Gasteiger partial charge in [0.1, 0.15) is 5.75 Å². The van der Waals surface area contributed by atoms with E-state index in [1.807, 2.05) is 38.2 Å². The average Bonchev–Trinajstić information content (AvgIpc) is 2.48.